The van der Waals surface area contributed by atoms with E-state index in [0.717, 1.165) is 5.46 Å². The largest absolute Gasteiger partial charge is 0.494 e. The zero-order valence-corrected chi connectivity index (χ0v) is 25.5. The predicted molar refractivity (Wildman–Crippen MR) is 181 cm³/mol. The fourth-order valence-electron chi connectivity index (χ4n) is 8.00. The average molecular weight is 569 g/mol. The maximum atomic E-state index is 6.64. The van der Waals surface area contributed by atoms with Gasteiger partial charge in [-0.3, -0.25) is 0 Å². The fraction of sp³-hybridized carbons (Fsp3) is 0.171. The number of hydrogen-bond donors (Lipinski definition) is 0. The van der Waals surface area contributed by atoms with Crippen LogP contribution in [-0.2, 0) is 14.7 Å². The Labute approximate surface area is 259 Å². The summed E-state index contributed by atoms with van der Waals surface area (Å²) in [5, 5.41) is 2.55. The highest BCUT2D eigenvalue weighted by Gasteiger charge is 2.54. The molecule has 0 saturated carbocycles. The van der Waals surface area contributed by atoms with Gasteiger partial charge in [-0.05, 0) is 99.6 Å². The lowest BCUT2D eigenvalue weighted by Gasteiger charge is -2.35. The Morgan fingerprint density at radius 3 is 1.70 bits per heavy atom. The Morgan fingerprint density at radius 2 is 1.00 bits per heavy atom. The molecular formula is C41H33BO2. The molecule has 1 saturated heterocycles. The van der Waals surface area contributed by atoms with E-state index in [0.29, 0.717) is 0 Å². The number of hydrogen-bond acceptors (Lipinski definition) is 2. The van der Waals surface area contributed by atoms with E-state index in [2.05, 4.69) is 155 Å². The van der Waals surface area contributed by atoms with Crippen molar-refractivity contribution in [3.05, 3.63) is 150 Å². The summed E-state index contributed by atoms with van der Waals surface area (Å²) in [5.41, 5.74) is 12.5. The molecule has 6 aromatic rings. The monoisotopic (exact) mass is 568 g/mol. The van der Waals surface area contributed by atoms with E-state index < -0.39 is 23.7 Å². The van der Waals surface area contributed by atoms with Crippen LogP contribution in [-0.4, -0.2) is 18.3 Å². The van der Waals surface area contributed by atoms with E-state index >= 15 is 0 Å². The summed E-state index contributed by atoms with van der Waals surface area (Å²) in [7, 11) is -0.455. The van der Waals surface area contributed by atoms with Crippen LogP contribution in [0, 0.1) is 0 Å². The lowest BCUT2D eigenvalue weighted by Crippen LogP contribution is -2.41. The molecule has 6 aromatic carbocycles. The van der Waals surface area contributed by atoms with E-state index in [9.17, 15) is 0 Å². The number of rotatable bonds is 1. The second-order valence-electron chi connectivity index (χ2n) is 13.5. The molecule has 2 aliphatic carbocycles. The molecule has 0 bridgehead atoms. The van der Waals surface area contributed by atoms with Crippen molar-refractivity contribution in [1.29, 1.82) is 0 Å². The van der Waals surface area contributed by atoms with Gasteiger partial charge in [0.25, 0.3) is 0 Å². The van der Waals surface area contributed by atoms with Gasteiger partial charge < -0.3 is 9.31 Å². The SMILES string of the molecule is CC1(C)OB(c2ccc3c(c2)C2(c4ccccc4-c4ccccc4-3)c3ccccc3-c3c2ccc2ccccc32)OC1(C)C. The first-order valence-electron chi connectivity index (χ1n) is 15.6. The Balaban J connectivity index is 1.45. The van der Waals surface area contributed by atoms with E-state index in [1.807, 2.05) is 0 Å². The van der Waals surface area contributed by atoms with Gasteiger partial charge in [-0.1, -0.05) is 127 Å². The fourth-order valence-corrected chi connectivity index (χ4v) is 8.00. The van der Waals surface area contributed by atoms with Gasteiger partial charge in [0.05, 0.1) is 16.6 Å². The second kappa shape index (κ2) is 8.82. The van der Waals surface area contributed by atoms with Gasteiger partial charge in [-0.2, -0.15) is 0 Å². The van der Waals surface area contributed by atoms with Crippen LogP contribution >= 0.6 is 0 Å². The van der Waals surface area contributed by atoms with Crippen molar-refractivity contribution in [2.24, 2.45) is 0 Å². The summed E-state index contributed by atoms with van der Waals surface area (Å²) in [6.07, 6.45) is 0. The van der Waals surface area contributed by atoms with Gasteiger partial charge in [0.15, 0.2) is 0 Å². The van der Waals surface area contributed by atoms with Crippen molar-refractivity contribution in [3.63, 3.8) is 0 Å². The first-order chi connectivity index (χ1) is 21.3. The minimum atomic E-state index is -0.541. The normalized spacial score (nSPS) is 20.0. The zero-order chi connectivity index (χ0) is 29.8. The molecule has 1 aliphatic heterocycles. The summed E-state index contributed by atoms with van der Waals surface area (Å²) < 4.78 is 13.3. The third kappa shape index (κ3) is 3.24. The lowest BCUT2D eigenvalue weighted by molar-refractivity contribution is 0.00578. The van der Waals surface area contributed by atoms with Crippen molar-refractivity contribution in [2.45, 2.75) is 44.3 Å². The summed E-state index contributed by atoms with van der Waals surface area (Å²) in [5.74, 6) is 0. The molecule has 0 radical (unpaired) electrons. The Morgan fingerprint density at radius 1 is 0.455 bits per heavy atom. The molecule has 0 N–H and O–H groups in total. The van der Waals surface area contributed by atoms with Gasteiger partial charge in [0, 0.05) is 0 Å². The molecule has 1 heterocycles. The highest BCUT2D eigenvalue weighted by atomic mass is 16.7. The molecule has 3 aliphatic rings. The molecule has 1 fully saturated rings. The van der Waals surface area contributed by atoms with Crippen LogP contribution in [0.2, 0.25) is 0 Å². The topological polar surface area (TPSA) is 18.5 Å². The van der Waals surface area contributed by atoms with Gasteiger partial charge in [0.1, 0.15) is 0 Å². The molecule has 212 valence electrons. The Bertz CT molecular complexity index is 2140. The van der Waals surface area contributed by atoms with Gasteiger partial charge in [-0.25, -0.2) is 0 Å². The highest BCUT2D eigenvalue weighted by Crippen LogP contribution is 2.62. The van der Waals surface area contributed by atoms with Crippen molar-refractivity contribution in [1.82, 2.24) is 0 Å². The van der Waals surface area contributed by atoms with E-state index in [1.165, 1.54) is 66.4 Å². The summed E-state index contributed by atoms with van der Waals surface area (Å²) in [6.45, 7) is 8.50. The summed E-state index contributed by atoms with van der Waals surface area (Å²) >= 11 is 0. The minimum Gasteiger partial charge on any atom is -0.399 e. The Hall–Kier alpha value is -4.44. The molecule has 1 spiro atoms. The standard InChI is InChI=1S/C41H33BO2/c1-39(2)40(3,4)44-42(43-39)27-22-23-32-30-16-8-7-15-29(30)31-17-9-11-19-34(31)41(37(32)25-27)35-20-12-10-18-33(35)38-28-14-6-5-13-26(28)21-24-36(38)41/h5-25H,1-4H3. The highest BCUT2D eigenvalue weighted by molar-refractivity contribution is 6.62. The minimum absolute atomic E-state index is 0.424. The number of benzene rings is 6. The zero-order valence-electron chi connectivity index (χ0n) is 25.5. The number of fused-ring (bicyclic) bond motifs is 14. The van der Waals surface area contributed by atoms with Crippen LogP contribution in [0.4, 0.5) is 0 Å². The van der Waals surface area contributed by atoms with E-state index in [4.69, 9.17) is 9.31 Å². The second-order valence-corrected chi connectivity index (χ2v) is 13.5. The van der Waals surface area contributed by atoms with E-state index in [1.54, 1.807) is 0 Å². The lowest BCUT2D eigenvalue weighted by atomic mass is 9.64. The van der Waals surface area contributed by atoms with E-state index in [-0.39, 0.29) is 0 Å². The molecule has 3 heteroatoms. The van der Waals surface area contributed by atoms with Crippen LogP contribution in [0.5, 0.6) is 0 Å². The molecule has 9 rings (SSSR count). The van der Waals surface area contributed by atoms with Gasteiger partial charge in [0.2, 0.25) is 0 Å². The maximum Gasteiger partial charge on any atom is 0.494 e. The van der Waals surface area contributed by atoms with Crippen LogP contribution in [0.1, 0.15) is 49.9 Å². The third-order valence-electron chi connectivity index (χ3n) is 10.7. The van der Waals surface area contributed by atoms with Gasteiger partial charge >= 0.3 is 7.12 Å². The van der Waals surface area contributed by atoms with Crippen molar-refractivity contribution in [3.8, 4) is 33.4 Å². The molecule has 2 nitrogen and oxygen atoms in total. The maximum absolute atomic E-state index is 6.64. The van der Waals surface area contributed by atoms with Crippen molar-refractivity contribution < 1.29 is 9.31 Å². The van der Waals surface area contributed by atoms with Crippen LogP contribution in [0.25, 0.3) is 44.2 Å². The van der Waals surface area contributed by atoms with Crippen molar-refractivity contribution in [2.75, 3.05) is 0 Å². The predicted octanol–water partition coefficient (Wildman–Crippen LogP) is 9.15. The smallest absolute Gasteiger partial charge is 0.399 e. The van der Waals surface area contributed by atoms with Crippen LogP contribution < -0.4 is 5.46 Å². The van der Waals surface area contributed by atoms with Gasteiger partial charge in [-0.15, -0.1) is 0 Å². The molecule has 44 heavy (non-hydrogen) atoms. The average Bonchev–Trinajstić information content (AvgIpc) is 3.43. The molecular weight excluding hydrogens is 535 g/mol. The summed E-state index contributed by atoms with van der Waals surface area (Å²) in [4.78, 5) is 0. The Kier molecular flexibility index (Phi) is 5.21. The molecule has 0 aromatic heterocycles. The molecule has 1 unspecified atom stereocenters. The first kappa shape index (κ1) is 26.0. The first-order valence-corrected chi connectivity index (χ1v) is 15.6. The molecule has 1 atom stereocenters. The van der Waals surface area contributed by atoms with Crippen LogP contribution in [0.15, 0.2) is 127 Å². The molecule has 0 amide bonds. The summed E-state index contributed by atoms with van der Waals surface area (Å²) in [6, 6.07) is 47.4. The quantitative estimate of drug-likeness (QED) is 0.184. The third-order valence-corrected chi connectivity index (χ3v) is 10.7. The van der Waals surface area contributed by atoms with Crippen LogP contribution in [0.3, 0.4) is 0 Å². The van der Waals surface area contributed by atoms with Crippen molar-refractivity contribution >= 4 is 23.4 Å².